The minimum Gasteiger partial charge on any atom is -0.493 e. The standard InChI is InChI=1S/C23H35ClN4O3/c1-25(2)16-22(30)28-9-5-8-23(17-28,18-31-20-7-4-6-19(24)14-20)15-21(29)27-12-10-26(3)11-13-27/h4,6-7,14H,5,8-13,15-18H2,1-3H3/t23-/m0/s1. The van der Waals surface area contributed by atoms with E-state index in [1.165, 1.54) is 0 Å². The van der Waals surface area contributed by atoms with Crippen LogP contribution in [0.3, 0.4) is 0 Å². The van der Waals surface area contributed by atoms with E-state index in [-0.39, 0.29) is 11.8 Å². The number of nitrogens with zero attached hydrogens (tertiary/aromatic N) is 4. The summed E-state index contributed by atoms with van der Waals surface area (Å²) >= 11 is 6.11. The number of benzene rings is 1. The van der Waals surface area contributed by atoms with Crippen molar-refractivity contribution >= 4 is 23.4 Å². The Morgan fingerprint density at radius 2 is 1.84 bits per heavy atom. The molecule has 1 aromatic carbocycles. The first-order chi connectivity index (χ1) is 14.8. The van der Waals surface area contributed by atoms with Crippen molar-refractivity contribution in [3.05, 3.63) is 29.3 Å². The molecule has 2 fully saturated rings. The van der Waals surface area contributed by atoms with Gasteiger partial charge in [0.2, 0.25) is 11.8 Å². The van der Waals surface area contributed by atoms with Crippen molar-refractivity contribution in [2.75, 3.05) is 73.6 Å². The summed E-state index contributed by atoms with van der Waals surface area (Å²) in [7, 11) is 5.88. The van der Waals surface area contributed by atoms with E-state index in [9.17, 15) is 9.59 Å². The predicted molar refractivity (Wildman–Crippen MR) is 122 cm³/mol. The molecule has 0 aromatic heterocycles. The van der Waals surface area contributed by atoms with E-state index in [1.807, 2.05) is 47.0 Å². The molecule has 2 heterocycles. The second kappa shape index (κ2) is 10.7. The lowest BCUT2D eigenvalue weighted by atomic mass is 9.77. The van der Waals surface area contributed by atoms with Crippen LogP contribution >= 0.6 is 11.6 Å². The molecule has 0 N–H and O–H groups in total. The van der Waals surface area contributed by atoms with Crippen molar-refractivity contribution in [1.29, 1.82) is 0 Å². The lowest BCUT2D eigenvalue weighted by molar-refractivity contribution is -0.142. The van der Waals surface area contributed by atoms with Gasteiger partial charge in [-0.2, -0.15) is 0 Å². The zero-order valence-corrected chi connectivity index (χ0v) is 19.7. The van der Waals surface area contributed by atoms with Gasteiger partial charge >= 0.3 is 0 Å². The van der Waals surface area contributed by atoms with Gasteiger partial charge in [-0.25, -0.2) is 0 Å². The Labute approximate surface area is 190 Å². The number of hydrogen-bond acceptors (Lipinski definition) is 5. The van der Waals surface area contributed by atoms with E-state index in [4.69, 9.17) is 16.3 Å². The SMILES string of the molecule is CN(C)CC(=O)N1CCC[C@](COc2cccc(Cl)c2)(CC(=O)N2CCN(C)CC2)C1. The number of piperidine rings is 1. The fourth-order valence-electron chi connectivity index (χ4n) is 4.39. The Bertz CT molecular complexity index is 767. The van der Waals surface area contributed by atoms with Crippen molar-refractivity contribution in [3.8, 4) is 5.75 Å². The normalized spacial score (nSPS) is 22.6. The number of rotatable bonds is 7. The van der Waals surface area contributed by atoms with Crippen LogP contribution in [0.5, 0.6) is 5.75 Å². The van der Waals surface area contributed by atoms with Crippen molar-refractivity contribution in [2.24, 2.45) is 5.41 Å². The van der Waals surface area contributed by atoms with Crippen LogP contribution in [-0.4, -0.2) is 105 Å². The highest BCUT2D eigenvalue weighted by Crippen LogP contribution is 2.35. The summed E-state index contributed by atoms with van der Waals surface area (Å²) in [5.41, 5.74) is -0.400. The topological polar surface area (TPSA) is 56.3 Å². The first kappa shape index (κ1) is 23.8. The molecule has 0 saturated carbocycles. The Morgan fingerprint density at radius 1 is 1.10 bits per heavy atom. The number of piperazine rings is 1. The van der Waals surface area contributed by atoms with E-state index in [0.717, 1.165) is 45.6 Å². The number of ether oxygens (including phenoxy) is 1. The Balaban J connectivity index is 1.73. The summed E-state index contributed by atoms with van der Waals surface area (Å²) < 4.78 is 6.13. The van der Waals surface area contributed by atoms with Gasteiger partial charge in [0.25, 0.3) is 0 Å². The number of carbonyl (C=O) groups is 2. The molecule has 2 aliphatic heterocycles. The van der Waals surface area contributed by atoms with Crippen molar-refractivity contribution in [2.45, 2.75) is 19.3 Å². The zero-order valence-electron chi connectivity index (χ0n) is 19.0. The number of amides is 2. The summed E-state index contributed by atoms with van der Waals surface area (Å²) in [6, 6.07) is 7.33. The molecular weight excluding hydrogens is 416 g/mol. The monoisotopic (exact) mass is 450 g/mol. The van der Waals surface area contributed by atoms with Crippen LogP contribution in [-0.2, 0) is 9.59 Å². The van der Waals surface area contributed by atoms with Crippen LogP contribution in [0.1, 0.15) is 19.3 Å². The van der Waals surface area contributed by atoms with Gasteiger partial charge in [0.15, 0.2) is 0 Å². The van der Waals surface area contributed by atoms with Gasteiger partial charge < -0.3 is 24.3 Å². The summed E-state index contributed by atoms with van der Waals surface area (Å²) in [5, 5.41) is 0.617. The molecule has 0 unspecified atom stereocenters. The van der Waals surface area contributed by atoms with E-state index >= 15 is 0 Å². The average Bonchev–Trinajstić information content (AvgIpc) is 2.72. The lowest BCUT2D eigenvalue weighted by Crippen LogP contribution is -2.54. The van der Waals surface area contributed by atoms with E-state index in [0.29, 0.717) is 36.9 Å². The number of halogens is 1. The first-order valence-corrected chi connectivity index (χ1v) is 11.4. The van der Waals surface area contributed by atoms with Gasteiger partial charge in [-0.3, -0.25) is 9.59 Å². The zero-order chi connectivity index (χ0) is 22.4. The van der Waals surface area contributed by atoms with Crippen molar-refractivity contribution in [3.63, 3.8) is 0 Å². The van der Waals surface area contributed by atoms with E-state index < -0.39 is 5.41 Å². The molecule has 2 amide bonds. The first-order valence-electron chi connectivity index (χ1n) is 11.0. The molecule has 8 heteroatoms. The van der Waals surface area contributed by atoms with Crippen molar-refractivity contribution < 1.29 is 14.3 Å². The van der Waals surface area contributed by atoms with Gasteiger partial charge in [0, 0.05) is 56.1 Å². The number of likely N-dealkylation sites (N-methyl/N-ethyl adjacent to an activating group) is 2. The maximum absolute atomic E-state index is 13.2. The molecule has 31 heavy (non-hydrogen) atoms. The summed E-state index contributed by atoms with van der Waals surface area (Å²) in [5.74, 6) is 0.948. The number of carbonyl (C=O) groups excluding carboxylic acids is 2. The minimum absolute atomic E-state index is 0.101. The van der Waals surface area contributed by atoms with Gasteiger partial charge in [-0.05, 0) is 52.2 Å². The molecular formula is C23H35ClN4O3. The highest BCUT2D eigenvalue weighted by molar-refractivity contribution is 6.30. The molecule has 0 spiro atoms. The molecule has 2 aliphatic rings. The fraction of sp³-hybridized carbons (Fsp3) is 0.652. The maximum atomic E-state index is 13.2. The smallest absolute Gasteiger partial charge is 0.236 e. The quantitative estimate of drug-likeness (QED) is 0.636. The predicted octanol–water partition coefficient (Wildman–Crippen LogP) is 2.05. The third-order valence-corrected chi connectivity index (χ3v) is 6.42. The van der Waals surface area contributed by atoms with Crippen LogP contribution in [0.2, 0.25) is 5.02 Å². The summed E-state index contributed by atoms with van der Waals surface area (Å²) in [6.45, 7) is 5.33. The molecule has 172 valence electrons. The third kappa shape index (κ3) is 6.82. The molecule has 0 aliphatic carbocycles. The molecule has 0 radical (unpaired) electrons. The van der Waals surface area contributed by atoms with Gasteiger partial charge in [-0.15, -0.1) is 0 Å². The van der Waals surface area contributed by atoms with Crippen LogP contribution in [0, 0.1) is 5.41 Å². The maximum Gasteiger partial charge on any atom is 0.236 e. The van der Waals surface area contributed by atoms with Crippen LogP contribution in [0.15, 0.2) is 24.3 Å². The van der Waals surface area contributed by atoms with Crippen molar-refractivity contribution in [1.82, 2.24) is 19.6 Å². The van der Waals surface area contributed by atoms with Gasteiger partial charge in [0.05, 0.1) is 13.2 Å². The molecule has 3 rings (SSSR count). The van der Waals surface area contributed by atoms with Crippen LogP contribution < -0.4 is 4.74 Å². The van der Waals surface area contributed by atoms with Crippen LogP contribution in [0.25, 0.3) is 0 Å². The lowest BCUT2D eigenvalue weighted by Gasteiger charge is -2.44. The fourth-order valence-corrected chi connectivity index (χ4v) is 4.57. The minimum atomic E-state index is -0.400. The molecule has 0 bridgehead atoms. The second-order valence-corrected chi connectivity index (χ2v) is 9.70. The Morgan fingerprint density at radius 3 is 2.52 bits per heavy atom. The Hall–Kier alpha value is -1.83. The Kier molecular flexibility index (Phi) is 8.19. The molecule has 7 nitrogen and oxygen atoms in total. The van der Waals surface area contributed by atoms with Crippen LogP contribution in [0.4, 0.5) is 0 Å². The number of likely N-dealkylation sites (tertiary alicyclic amines) is 1. The van der Waals surface area contributed by atoms with E-state index in [2.05, 4.69) is 11.9 Å². The van der Waals surface area contributed by atoms with Gasteiger partial charge in [-0.1, -0.05) is 17.7 Å². The summed E-state index contributed by atoms with van der Waals surface area (Å²) in [4.78, 5) is 34.0. The molecule has 1 aromatic rings. The molecule has 1 atom stereocenters. The summed E-state index contributed by atoms with van der Waals surface area (Å²) in [6.07, 6.45) is 2.12. The average molecular weight is 451 g/mol. The number of hydrogen-bond donors (Lipinski definition) is 0. The largest absolute Gasteiger partial charge is 0.493 e. The highest BCUT2D eigenvalue weighted by atomic mass is 35.5. The van der Waals surface area contributed by atoms with E-state index in [1.54, 1.807) is 6.07 Å². The second-order valence-electron chi connectivity index (χ2n) is 9.26. The highest BCUT2D eigenvalue weighted by Gasteiger charge is 2.41. The third-order valence-electron chi connectivity index (χ3n) is 6.19. The molecule has 2 saturated heterocycles. The van der Waals surface area contributed by atoms with Gasteiger partial charge in [0.1, 0.15) is 5.75 Å².